The van der Waals surface area contributed by atoms with Crippen LogP contribution in [0.4, 0.5) is 5.69 Å². The molecule has 0 amide bonds. The Kier molecular flexibility index (Phi) is 3.37. The first-order chi connectivity index (χ1) is 10.1. The Labute approximate surface area is 124 Å². The smallest absolute Gasteiger partial charge is 0.349 e. The van der Waals surface area contributed by atoms with Gasteiger partial charge in [0.1, 0.15) is 11.9 Å². The van der Waals surface area contributed by atoms with E-state index in [0.717, 1.165) is 17.0 Å². The van der Waals surface area contributed by atoms with Crippen LogP contribution in [0.3, 0.4) is 0 Å². The highest BCUT2D eigenvalue weighted by molar-refractivity contribution is 6.28. The minimum absolute atomic E-state index is 0.114. The molecule has 1 aromatic heterocycles. The second kappa shape index (κ2) is 5.34. The molecule has 0 radical (unpaired) electrons. The van der Waals surface area contributed by atoms with Crippen molar-refractivity contribution in [1.82, 2.24) is 9.97 Å². The van der Waals surface area contributed by atoms with Gasteiger partial charge in [-0.2, -0.15) is 4.98 Å². The van der Waals surface area contributed by atoms with E-state index in [1.807, 2.05) is 30.3 Å². The van der Waals surface area contributed by atoms with E-state index < -0.39 is 4.92 Å². The van der Waals surface area contributed by atoms with Crippen molar-refractivity contribution in [2.24, 2.45) is 0 Å². The van der Waals surface area contributed by atoms with Gasteiger partial charge in [-0.25, -0.2) is 4.98 Å². The lowest BCUT2D eigenvalue weighted by atomic mass is 10.1. The van der Waals surface area contributed by atoms with Crippen LogP contribution in [0.2, 0.25) is 5.28 Å². The topological polar surface area (TPSA) is 78.2 Å². The Morgan fingerprint density at radius 3 is 2.67 bits per heavy atom. The Balaban J connectivity index is 2.02. The van der Waals surface area contributed by atoms with Gasteiger partial charge < -0.3 is 4.74 Å². The van der Waals surface area contributed by atoms with Crippen LogP contribution < -0.4 is 4.74 Å². The van der Waals surface area contributed by atoms with Gasteiger partial charge in [-0.05, 0) is 34.5 Å². The highest BCUT2D eigenvalue weighted by Crippen LogP contribution is 2.30. The molecule has 0 bridgehead atoms. The molecule has 104 valence electrons. The fourth-order valence-electron chi connectivity index (χ4n) is 1.88. The van der Waals surface area contributed by atoms with E-state index in [9.17, 15) is 10.1 Å². The van der Waals surface area contributed by atoms with Crippen LogP contribution in [-0.2, 0) is 0 Å². The quantitative estimate of drug-likeness (QED) is 0.415. The minimum atomic E-state index is -0.618. The lowest BCUT2D eigenvalue weighted by molar-refractivity contribution is -0.386. The Hall–Kier alpha value is -2.73. The van der Waals surface area contributed by atoms with Crippen LogP contribution in [0, 0.1) is 10.1 Å². The highest BCUT2D eigenvalue weighted by Gasteiger charge is 2.19. The molecule has 0 atom stereocenters. The SMILES string of the molecule is O=[N+]([O-])c1cnc(Cl)nc1Oc1ccc2ccccc2c1. The maximum absolute atomic E-state index is 10.9. The summed E-state index contributed by atoms with van der Waals surface area (Å²) in [7, 11) is 0. The fourth-order valence-corrected chi connectivity index (χ4v) is 2.01. The molecule has 0 saturated carbocycles. The van der Waals surface area contributed by atoms with Crippen molar-refractivity contribution in [2.75, 3.05) is 0 Å². The zero-order chi connectivity index (χ0) is 14.8. The van der Waals surface area contributed by atoms with Crippen molar-refractivity contribution in [3.63, 3.8) is 0 Å². The number of aromatic nitrogens is 2. The molecular formula is C14H8ClN3O3. The van der Waals surface area contributed by atoms with Gasteiger partial charge in [0.25, 0.3) is 0 Å². The zero-order valence-electron chi connectivity index (χ0n) is 10.6. The number of hydrogen-bond donors (Lipinski definition) is 0. The summed E-state index contributed by atoms with van der Waals surface area (Å²) < 4.78 is 5.48. The average Bonchev–Trinajstić information content (AvgIpc) is 2.47. The maximum atomic E-state index is 10.9. The fraction of sp³-hybridized carbons (Fsp3) is 0. The van der Waals surface area contributed by atoms with Crippen LogP contribution >= 0.6 is 11.6 Å². The summed E-state index contributed by atoms with van der Waals surface area (Å²) >= 11 is 5.66. The molecule has 2 aromatic carbocycles. The second-order valence-electron chi connectivity index (χ2n) is 4.20. The first-order valence-electron chi connectivity index (χ1n) is 5.97. The first kappa shape index (κ1) is 13.3. The minimum Gasteiger partial charge on any atom is -0.434 e. The van der Waals surface area contributed by atoms with E-state index >= 15 is 0 Å². The van der Waals surface area contributed by atoms with E-state index in [1.165, 1.54) is 0 Å². The molecule has 0 saturated heterocycles. The molecule has 0 fully saturated rings. The molecule has 7 heteroatoms. The van der Waals surface area contributed by atoms with Gasteiger partial charge in [0.15, 0.2) is 0 Å². The maximum Gasteiger partial charge on any atom is 0.349 e. The number of halogens is 1. The Morgan fingerprint density at radius 1 is 1.14 bits per heavy atom. The summed E-state index contributed by atoms with van der Waals surface area (Å²) in [6.07, 6.45) is 1.02. The van der Waals surface area contributed by atoms with E-state index in [4.69, 9.17) is 16.3 Å². The summed E-state index contributed by atoms with van der Waals surface area (Å²) in [5.74, 6) is 0.252. The standard InChI is InChI=1S/C14H8ClN3O3/c15-14-16-8-12(18(19)20)13(17-14)21-11-6-5-9-3-1-2-4-10(9)7-11/h1-8H. The van der Waals surface area contributed by atoms with E-state index in [1.54, 1.807) is 12.1 Å². The van der Waals surface area contributed by atoms with E-state index in [0.29, 0.717) is 5.75 Å². The number of nitrogens with zero attached hydrogens (tertiary/aromatic N) is 3. The lowest BCUT2D eigenvalue weighted by Crippen LogP contribution is -1.97. The molecule has 0 aliphatic carbocycles. The molecule has 21 heavy (non-hydrogen) atoms. The van der Waals surface area contributed by atoms with Crippen molar-refractivity contribution in [2.45, 2.75) is 0 Å². The van der Waals surface area contributed by atoms with Crippen molar-refractivity contribution in [1.29, 1.82) is 0 Å². The average molecular weight is 302 g/mol. The van der Waals surface area contributed by atoms with Crippen molar-refractivity contribution < 1.29 is 9.66 Å². The molecule has 0 aliphatic rings. The van der Waals surface area contributed by atoms with E-state index in [-0.39, 0.29) is 16.9 Å². The molecule has 0 spiro atoms. The van der Waals surface area contributed by atoms with Crippen LogP contribution in [-0.4, -0.2) is 14.9 Å². The number of nitro groups is 1. The molecule has 0 N–H and O–H groups in total. The van der Waals surface area contributed by atoms with E-state index in [2.05, 4.69) is 9.97 Å². The number of fused-ring (bicyclic) bond motifs is 1. The predicted octanol–water partition coefficient (Wildman–Crippen LogP) is 3.98. The second-order valence-corrected chi connectivity index (χ2v) is 4.54. The summed E-state index contributed by atoms with van der Waals surface area (Å²) in [6, 6.07) is 13.1. The van der Waals surface area contributed by atoms with Gasteiger partial charge in [0, 0.05) is 0 Å². The molecule has 0 aliphatic heterocycles. The third kappa shape index (κ3) is 2.75. The van der Waals surface area contributed by atoms with Crippen molar-refractivity contribution in [3.8, 4) is 11.6 Å². The van der Waals surface area contributed by atoms with Gasteiger partial charge in [-0.15, -0.1) is 0 Å². The number of rotatable bonds is 3. The van der Waals surface area contributed by atoms with Gasteiger partial charge in [-0.1, -0.05) is 30.3 Å². The van der Waals surface area contributed by atoms with Crippen molar-refractivity contribution >= 4 is 28.1 Å². The van der Waals surface area contributed by atoms with Crippen LogP contribution in [0.15, 0.2) is 48.7 Å². The Bertz CT molecular complexity index is 839. The van der Waals surface area contributed by atoms with Gasteiger partial charge in [0.05, 0.1) is 4.92 Å². The summed E-state index contributed by atoms with van der Waals surface area (Å²) in [4.78, 5) is 17.7. The molecule has 1 heterocycles. The predicted molar refractivity (Wildman–Crippen MR) is 77.7 cm³/mol. The van der Waals surface area contributed by atoms with Gasteiger partial charge in [-0.3, -0.25) is 10.1 Å². The molecular weight excluding hydrogens is 294 g/mol. The Morgan fingerprint density at radius 2 is 1.90 bits per heavy atom. The number of hydrogen-bond acceptors (Lipinski definition) is 5. The van der Waals surface area contributed by atoms with Crippen LogP contribution in [0.5, 0.6) is 11.6 Å². The van der Waals surface area contributed by atoms with Crippen molar-refractivity contribution in [3.05, 3.63) is 64.1 Å². The van der Waals surface area contributed by atoms with Gasteiger partial charge >= 0.3 is 11.6 Å². The largest absolute Gasteiger partial charge is 0.434 e. The number of ether oxygens (including phenoxy) is 1. The lowest BCUT2D eigenvalue weighted by Gasteiger charge is -2.06. The highest BCUT2D eigenvalue weighted by atomic mass is 35.5. The third-order valence-corrected chi connectivity index (χ3v) is 3.02. The zero-order valence-corrected chi connectivity index (χ0v) is 11.3. The molecule has 6 nitrogen and oxygen atoms in total. The summed E-state index contributed by atoms with van der Waals surface area (Å²) in [5, 5.41) is 12.8. The monoisotopic (exact) mass is 301 g/mol. The van der Waals surface area contributed by atoms with Crippen LogP contribution in [0.25, 0.3) is 10.8 Å². The molecule has 0 unspecified atom stereocenters. The van der Waals surface area contributed by atoms with Gasteiger partial charge in [0.2, 0.25) is 5.28 Å². The summed E-state index contributed by atoms with van der Waals surface area (Å²) in [5.41, 5.74) is -0.340. The molecule has 3 aromatic rings. The van der Waals surface area contributed by atoms with Crippen LogP contribution in [0.1, 0.15) is 0 Å². The number of benzene rings is 2. The normalized spacial score (nSPS) is 10.5. The third-order valence-electron chi connectivity index (χ3n) is 2.84. The first-order valence-corrected chi connectivity index (χ1v) is 6.35. The summed E-state index contributed by atoms with van der Waals surface area (Å²) in [6.45, 7) is 0. The molecule has 3 rings (SSSR count).